The highest BCUT2D eigenvalue weighted by atomic mass is 35.5. The molecule has 0 bridgehead atoms. The van der Waals surface area contributed by atoms with E-state index in [0.717, 1.165) is 23.0 Å². The molecule has 146 valence electrons. The Hall–Kier alpha value is -1.05. The molecule has 0 amide bonds. The first-order valence-electron chi connectivity index (χ1n) is 10.6. The maximum absolute atomic E-state index is 6.08. The number of hydrogen-bond donors (Lipinski definition) is 0. The molecule has 1 aromatic heterocycles. The van der Waals surface area contributed by atoms with E-state index in [9.17, 15) is 0 Å². The molecular weight excluding hydrogens is 373 g/mol. The summed E-state index contributed by atoms with van der Waals surface area (Å²) in [5.41, 5.74) is 3.58. The number of unbranched alkanes of at least 4 members (excludes halogenated alkanes) is 2. The third-order valence-corrected chi connectivity index (χ3v) is 6.79. The van der Waals surface area contributed by atoms with E-state index in [1.54, 1.807) is 6.20 Å². The van der Waals surface area contributed by atoms with Gasteiger partial charge in [0.15, 0.2) is 0 Å². The molecule has 3 heteroatoms. The Bertz CT molecular complexity index is 703. The predicted octanol–water partition coefficient (Wildman–Crippen LogP) is 8.37. The Morgan fingerprint density at radius 2 is 1.56 bits per heavy atom. The molecule has 1 heterocycles. The molecule has 2 aromatic rings. The zero-order valence-corrected chi connectivity index (χ0v) is 17.9. The number of aromatic nitrogens is 1. The molecule has 1 aromatic carbocycles. The van der Waals surface area contributed by atoms with E-state index in [4.69, 9.17) is 23.2 Å². The molecule has 1 aliphatic carbocycles. The van der Waals surface area contributed by atoms with Crippen molar-refractivity contribution in [3.05, 3.63) is 52.3 Å². The maximum Gasteiger partial charge on any atom is 0.147 e. The first-order valence-corrected chi connectivity index (χ1v) is 11.3. The van der Waals surface area contributed by atoms with Crippen LogP contribution in [-0.4, -0.2) is 4.98 Å². The number of aryl methyl sites for hydroxylation is 1. The molecule has 0 saturated heterocycles. The Morgan fingerprint density at radius 1 is 0.889 bits per heavy atom. The van der Waals surface area contributed by atoms with Crippen molar-refractivity contribution in [1.29, 1.82) is 0 Å². The van der Waals surface area contributed by atoms with Crippen LogP contribution in [0.2, 0.25) is 10.2 Å². The normalized spacial score (nSPS) is 20.0. The van der Waals surface area contributed by atoms with Gasteiger partial charge in [-0.15, -0.1) is 0 Å². The summed E-state index contributed by atoms with van der Waals surface area (Å²) in [7, 11) is 0. The number of nitrogens with zero attached hydrogens (tertiary/aromatic N) is 1. The molecule has 1 nitrogen and oxygen atoms in total. The van der Waals surface area contributed by atoms with Crippen LogP contribution in [0.25, 0.3) is 11.1 Å². The molecule has 27 heavy (non-hydrogen) atoms. The van der Waals surface area contributed by atoms with E-state index in [1.807, 2.05) is 6.07 Å². The van der Waals surface area contributed by atoms with E-state index < -0.39 is 0 Å². The van der Waals surface area contributed by atoms with Crippen LogP contribution in [0.1, 0.15) is 70.3 Å². The lowest BCUT2D eigenvalue weighted by atomic mass is 9.78. The van der Waals surface area contributed by atoms with Crippen LogP contribution in [0.3, 0.4) is 0 Å². The number of rotatable bonds is 8. The van der Waals surface area contributed by atoms with E-state index in [1.165, 1.54) is 69.8 Å². The van der Waals surface area contributed by atoms with Crippen molar-refractivity contribution in [3.63, 3.8) is 0 Å². The van der Waals surface area contributed by atoms with E-state index >= 15 is 0 Å². The largest absolute Gasteiger partial charge is 0.242 e. The van der Waals surface area contributed by atoms with Crippen molar-refractivity contribution in [2.45, 2.75) is 71.1 Å². The average Bonchev–Trinajstić information content (AvgIpc) is 2.70. The lowest BCUT2D eigenvalue weighted by molar-refractivity contribution is 0.249. The third-order valence-electron chi connectivity index (χ3n) is 6.11. The fourth-order valence-electron chi connectivity index (χ4n) is 4.31. The van der Waals surface area contributed by atoms with Crippen molar-refractivity contribution in [1.82, 2.24) is 4.98 Å². The summed E-state index contributed by atoms with van der Waals surface area (Å²) < 4.78 is 0. The van der Waals surface area contributed by atoms with Gasteiger partial charge in [0.05, 0.1) is 5.02 Å². The lowest BCUT2D eigenvalue weighted by Gasteiger charge is -2.28. The SMILES string of the molecule is CCCCCC1CCC(CCc2ccc(-c3cnc(Cl)c(Cl)c3)cc2)CC1. The fraction of sp³-hybridized carbons (Fsp3) is 0.542. The van der Waals surface area contributed by atoms with Gasteiger partial charge in [-0.25, -0.2) is 4.98 Å². The van der Waals surface area contributed by atoms with Crippen LogP contribution < -0.4 is 0 Å². The first kappa shape index (κ1) is 20.7. The number of benzene rings is 1. The zero-order valence-electron chi connectivity index (χ0n) is 16.4. The minimum Gasteiger partial charge on any atom is -0.242 e. The standard InChI is InChI=1S/C24H31Cl2N/c1-2-3-4-5-18-6-8-19(9-7-18)10-11-20-12-14-21(15-13-20)22-16-23(25)24(26)27-17-22/h12-19H,2-11H2,1H3. The summed E-state index contributed by atoms with van der Waals surface area (Å²) in [5, 5.41) is 0.862. The molecule has 0 N–H and O–H groups in total. The number of halogens is 2. The van der Waals surface area contributed by atoms with Crippen LogP contribution in [-0.2, 0) is 6.42 Å². The van der Waals surface area contributed by atoms with Crippen LogP contribution in [0.4, 0.5) is 0 Å². The highest BCUT2D eigenvalue weighted by Crippen LogP contribution is 2.34. The molecular formula is C24H31Cl2N. The highest BCUT2D eigenvalue weighted by Gasteiger charge is 2.20. The summed E-state index contributed by atoms with van der Waals surface area (Å²) in [5.74, 6) is 1.93. The Morgan fingerprint density at radius 3 is 2.19 bits per heavy atom. The minimum atomic E-state index is 0.358. The van der Waals surface area contributed by atoms with Gasteiger partial charge in [-0.2, -0.15) is 0 Å². The molecule has 0 unspecified atom stereocenters. The first-order chi connectivity index (χ1) is 13.2. The molecule has 0 aliphatic heterocycles. The Labute approximate surface area is 174 Å². The summed E-state index contributed by atoms with van der Waals surface area (Å²) in [6.07, 6.45) is 15.7. The second kappa shape index (κ2) is 10.5. The zero-order chi connectivity index (χ0) is 19.1. The summed E-state index contributed by atoms with van der Waals surface area (Å²) >= 11 is 12.0. The minimum absolute atomic E-state index is 0.358. The summed E-state index contributed by atoms with van der Waals surface area (Å²) in [6.45, 7) is 2.30. The lowest BCUT2D eigenvalue weighted by Crippen LogP contribution is -2.15. The molecule has 3 rings (SSSR count). The van der Waals surface area contributed by atoms with E-state index in [2.05, 4.69) is 36.2 Å². The maximum atomic E-state index is 6.08. The molecule has 0 atom stereocenters. The smallest absolute Gasteiger partial charge is 0.147 e. The number of hydrogen-bond acceptors (Lipinski definition) is 1. The average molecular weight is 404 g/mol. The van der Waals surface area contributed by atoms with Gasteiger partial charge in [0.1, 0.15) is 5.15 Å². The van der Waals surface area contributed by atoms with Crippen LogP contribution in [0, 0.1) is 11.8 Å². The third kappa shape index (κ3) is 6.22. The highest BCUT2D eigenvalue weighted by molar-refractivity contribution is 6.41. The van der Waals surface area contributed by atoms with Gasteiger partial charge in [0.25, 0.3) is 0 Å². The van der Waals surface area contributed by atoms with Crippen molar-refractivity contribution < 1.29 is 0 Å². The molecule has 0 spiro atoms. The van der Waals surface area contributed by atoms with Crippen LogP contribution in [0.15, 0.2) is 36.5 Å². The fourth-order valence-corrected chi connectivity index (χ4v) is 4.58. The second-order valence-corrected chi connectivity index (χ2v) is 8.88. The summed E-state index contributed by atoms with van der Waals surface area (Å²) in [4.78, 5) is 4.14. The Balaban J connectivity index is 1.45. The van der Waals surface area contributed by atoms with Gasteiger partial charge in [-0.05, 0) is 41.9 Å². The summed E-state index contributed by atoms with van der Waals surface area (Å²) in [6, 6.07) is 10.7. The van der Waals surface area contributed by atoms with Gasteiger partial charge in [-0.1, -0.05) is 106 Å². The van der Waals surface area contributed by atoms with Gasteiger partial charge in [-0.3, -0.25) is 0 Å². The molecule has 1 fully saturated rings. The quantitative estimate of drug-likeness (QED) is 0.318. The van der Waals surface area contributed by atoms with Gasteiger partial charge >= 0.3 is 0 Å². The second-order valence-electron chi connectivity index (χ2n) is 8.11. The van der Waals surface area contributed by atoms with Crippen LogP contribution in [0.5, 0.6) is 0 Å². The van der Waals surface area contributed by atoms with Crippen molar-refractivity contribution in [3.8, 4) is 11.1 Å². The van der Waals surface area contributed by atoms with E-state index in [0.29, 0.717) is 10.2 Å². The van der Waals surface area contributed by atoms with Gasteiger partial charge in [0, 0.05) is 11.8 Å². The topological polar surface area (TPSA) is 12.9 Å². The Kier molecular flexibility index (Phi) is 8.03. The number of pyridine rings is 1. The van der Waals surface area contributed by atoms with Crippen LogP contribution >= 0.6 is 23.2 Å². The van der Waals surface area contributed by atoms with Crippen molar-refractivity contribution in [2.75, 3.05) is 0 Å². The molecule has 1 aliphatic rings. The predicted molar refractivity (Wildman–Crippen MR) is 118 cm³/mol. The van der Waals surface area contributed by atoms with Crippen molar-refractivity contribution >= 4 is 23.2 Å². The molecule has 0 radical (unpaired) electrons. The van der Waals surface area contributed by atoms with Gasteiger partial charge in [0.2, 0.25) is 0 Å². The van der Waals surface area contributed by atoms with Gasteiger partial charge < -0.3 is 0 Å². The molecule has 1 saturated carbocycles. The van der Waals surface area contributed by atoms with Crippen molar-refractivity contribution in [2.24, 2.45) is 11.8 Å². The monoisotopic (exact) mass is 403 g/mol. The van der Waals surface area contributed by atoms with E-state index in [-0.39, 0.29) is 0 Å².